The minimum Gasteiger partial charge on any atom is -0.506 e. The van der Waals surface area contributed by atoms with Gasteiger partial charge in [-0.15, -0.1) is 0 Å². The van der Waals surface area contributed by atoms with E-state index in [2.05, 4.69) is 4.72 Å². The topological polar surface area (TPSA) is 104 Å². The first-order valence-corrected chi connectivity index (χ1v) is 8.34. The van der Waals surface area contributed by atoms with E-state index in [1.54, 1.807) is 19.1 Å². The number of hydrogen-bond donors (Lipinski definition) is 3. The largest absolute Gasteiger partial charge is 0.506 e. The van der Waals surface area contributed by atoms with Crippen LogP contribution in [0.5, 0.6) is 5.75 Å². The quantitative estimate of drug-likeness (QED) is 0.781. The number of benzene rings is 2. The second kappa shape index (κ2) is 6.10. The summed E-state index contributed by atoms with van der Waals surface area (Å²) in [6.45, 7) is 3.18. The molecule has 23 heavy (non-hydrogen) atoms. The first-order chi connectivity index (χ1) is 10.6. The number of aromatic hydroxyl groups is 1. The number of nitrogens with one attached hydrogen (secondary N) is 1. The van der Waals surface area contributed by atoms with Crippen molar-refractivity contribution in [3.05, 3.63) is 52.0 Å². The molecule has 0 aromatic heterocycles. The van der Waals surface area contributed by atoms with Crippen LogP contribution in [0.2, 0.25) is 5.02 Å². The van der Waals surface area contributed by atoms with Crippen LogP contribution in [0.4, 0.5) is 5.69 Å². The Morgan fingerprint density at radius 3 is 2.48 bits per heavy atom. The molecule has 0 heterocycles. The Kier molecular flexibility index (Phi) is 4.53. The highest BCUT2D eigenvalue weighted by atomic mass is 35.5. The molecule has 0 unspecified atom stereocenters. The van der Waals surface area contributed by atoms with Crippen molar-refractivity contribution >= 4 is 33.3 Å². The first-order valence-electron chi connectivity index (χ1n) is 6.48. The van der Waals surface area contributed by atoms with E-state index in [0.29, 0.717) is 16.1 Å². The average molecular weight is 356 g/mol. The van der Waals surface area contributed by atoms with Crippen LogP contribution in [-0.2, 0) is 10.0 Å². The summed E-state index contributed by atoms with van der Waals surface area (Å²) in [5.74, 6) is -2.23. The van der Waals surface area contributed by atoms with Gasteiger partial charge in [0.05, 0.1) is 5.69 Å². The van der Waals surface area contributed by atoms with Crippen molar-refractivity contribution in [2.45, 2.75) is 18.7 Å². The number of carboxylic acids is 1. The number of sulfonamides is 1. The Hall–Kier alpha value is -2.25. The number of carbonyl (C=O) groups is 1. The van der Waals surface area contributed by atoms with Gasteiger partial charge in [0.15, 0.2) is 5.75 Å². The second-order valence-corrected chi connectivity index (χ2v) is 7.04. The van der Waals surface area contributed by atoms with E-state index in [-0.39, 0.29) is 5.69 Å². The van der Waals surface area contributed by atoms with Gasteiger partial charge in [0, 0.05) is 5.02 Å². The number of aryl methyl sites for hydroxylation is 1. The number of anilines is 1. The van der Waals surface area contributed by atoms with Crippen LogP contribution in [0, 0.1) is 13.8 Å². The van der Waals surface area contributed by atoms with E-state index in [9.17, 15) is 18.3 Å². The lowest BCUT2D eigenvalue weighted by atomic mass is 10.1. The number of halogens is 1. The van der Waals surface area contributed by atoms with Crippen LogP contribution in [0.15, 0.2) is 35.2 Å². The fourth-order valence-corrected chi connectivity index (χ4v) is 3.53. The lowest BCUT2D eigenvalue weighted by Crippen LogP contribution is -2.15. The molecule has 0 amide bonds. The third-order valence-corrected chi connectivity index (χ3v) is 5.04. The summed E-state index contributed by atoms with van der Waals surface area (Å²) in [5.41, 5.74) is 0.676. The summed E-state index contributed by atoms with van der Waals surface area (Å²) < 4.78 is 27.3. The summed E-state index contributed by atoms with van der Waals surface area (Å²) in [7, 11) is -4.18. The molecule has 0 bridgehead atoms. The van der Waals surface area contributed by atoms with Crippen LogP contribution in [-0.4, -0.2) is 24.6 Å². The molecule has 2 rings (SSSR count). The monoisotopic (exact) mass is 355 g/mol. The molecular weight excluding hydrogens is 342 g/mol. The Bertz CT molecular complexity index is 893. The SMILES string of the molecule is Cc1cc(C(=O)O)c(O)c(S(=O)(=O)Nc2cccc(Cl)c2C)c1. The molecule has 0 saturated carbocycles. The maximum Gasteiger partial charge on any atom is 0.339 e. The molecule has 0 aliphatic rings. The van der Waals surface area contributed by atoms with Gasteiger partial charge in [-0.2, -0.15) is 0 Å². The molecule has 2 aromatic carbocycles. The molecule has 0 aliphatic heterocycles. The van der Waals surface area contributed by atoms with Gasteiger partial charge < -0.3 is 10.2 Å². The third-order valence-electron chi connectivity index (χ3n) is 3.25. The molecule has 0 saturated heterocycles. The number of aromatic carboxylic acids is 1. The summed E-state index contributed by atoms with van der Waals surface area (Å²) in [4.78, 5) is 10.6. The first kappa shape index (κ1) is 17.1. The standard InChI is InChI=1S/C15H14ClNO5S/c1-8-6-10(15(19)20)14(18)13(7-8)23(21,22)17-12-5-3-4-11(16)9(12)2/h3-7,17-18H,1-2H3,(H,19,20). The predicted octanol–water partition coefficient (Wildman–Crippen LogP) is 3.16. The molecule has 8 heteroatoms. The zero-order valence-electron chi connectivity index (χ0n) is 12.3. The zero-order chi connectivity index (χ0) is 17.4. The average Bonchev–Trinajstić information content (AvgIpc) is 2.45. The van der Waals surface area contributed by atoms with Crippen LogP contribution in [0.25, 0.3) is 0 Å². The highest BCUT2D eigenvalue weighted by Crippen LogP contribution is 2.31. The molecule has 122 valence electrons. The van der Waals surface area contributed by atoms with Crippen molar-refractivity contribution in [1.29, 1.82) is 0 Å². The molecule has 0 radical (unpaired) electrons. The van der Waals surface area contributed by atoms with Crippen molar-refractivity contribution in [3.63, 3.8) is 0 Å². The van der Waals surface area contributed by atoms with E-state index in [1.165, 1.54) is 25.1 Å². The van der Waals surface area contributed by atoms with E-state index in [0.717, 1.165) is 0 Å². The summed E-state index contributed by atoms with van der Waals surface area (Å²) in [5, 5.41) is 19.4. The molecule has 3 N–H and O–H groups in total. The van der Waals surface area contributed by atoms with E-state index >= 15 is 0 Å². The van der Waals surface area contributed by atoms with Crippen LogP contribution >= 0.6 is 11.6 Å². The van der Waals surface area contributed by atoms with Crippen LogP contribution in [0.1, 0.15) is 21.5 Å². The minimum atomic E-state index is -4.18. The lowest BCUT2D eigenvalue weighted by Gasteiger charge is -2.14. The van der Waals surface area contributed by atoms with Gasteiger partial charge in [-0.05, 0) is 49.2 Å². The predicted molar refractivity (Wildman–Crippen MR) is 86.8 cm³/mol. The fourth-order valence-electron chi connectivity index (χ4n) is 2.03. The molecule has 2 aromatic rings. The third kappa shape index (κ3) is 3.40. The van der Waals surface area contributed by atoms with E-state index in [4.69, 9.17) is 16.7 Å². The summed E-state index contributed by atoms with van der Waals surface area (Å²) in [6, 6.07) is 7.10. The van der Waals surface area contributed by atoms with Gasteiger partial charge in [0.25, 0.3) is 10.0 Å². The van der Waals surface area contributed by atoms with Gasteiger partial charge in [0.1, 0.15) is 10.5 Å². The zero-order valence-corrected chi connectivity index (χ0v) is 13.9. The minimum absolute atomic E-state index is 0.246. The fraction of sp³-hybridized carbons (Fsp3) is 0.133. The van der Waals surface area contributed by atoms with Crippen molar-refractivity contribution in [1.82, 2.24) is 0 Å². The maximum atomic E-state index is 12.5. The molecular formula is C15H14ClNO5S. The number of phenols is 1. The maximum absolute atomic E-state index is 12.5. The summed E-state index contributed by atoms with van der Waals surface area (Å²) in [6.07, 6.45) is 0. The molecule has 0 aliphatic carbocycles. The number of hydrogen-bond acceptors (Lipinski definition) is 4. The lowest BCUT2D eigenvalue weighted by molar-refractivity contribution is 0.0693. The highest BCUT2D eigenvalue weighted by Gasteiger charge is 2.25. The Labute approximate surface area is 138 Å². The van der Waals surface area contributed by atoms with Crippen molar-refractivity contribution < 1.29 is 23.4 Å². The number of rotatable bonds is 4. The Morgan fingerprint density at radius 2 is 1.87 bits per heavy atom. The highest BCUT2D eigenvalue weighted by molar-refractivity contribution is 7.92. The van der Waals surface area contributed by atoms with E-state index in [1.807, 2.05) is 0 Å². The molecule has 0 spiro atoms. The normalized spacial score (nSPS) is 11.3. The summed E-state index contributed by atoms with van der Waals surface area (Å²) >= 11 is 5.95. The van der Waals surface area contributed by atoms with Gasteiger partial charge >= 0.3 is 5.97 Å². The van der Waals surface area contributed by atoms with Gasteiger partial charge in [0.2, 0.25) is 0 Å². The Morgan fingerprint density at radius 1 is 1.22 bits per heavy atom. The van der Waals surface area contributed by atoms with Gasteiger partial charge in [-0.1, -0.05) is 17.7 Å². The van der Waals surface area contributed by atoms with Gasteiger partial charge in [-0.25, -0.2) is 13.2 Å². The smallest absolute Gasteiger partial charge is 0.339 e. The van der Waals surface area contributed by atoms with Crippen molar-refractivity contribution in [3.8, 4) is 5.75 Å². The van der Waals surface area contributed by atoms with Crippen LogP contribution < -0.4 is 4.72 Å². The van der Waals surface area contributed by atoms with Gasteiger partial charge in [-0.3, -0.25) is 4.72 Å². The van der Waals surface area contributed by atoms with E-state index < -0.39 is 32.2 Å². The van der Waals surface area contributed by atoms with Crippen molar-refractivity contribution in [2.24, 2.45) is 0 Å². The second-order valence-electron chi connectivity index (χ2n) is 4.98. The molecule has 0 atom stereocenters. The molecule has 6 nitrogen and oxygen atoms in total. The number of carboxylic acid groups (broad SMARTS) is 1. The Balaban J connectivity index is 2.57. The molecule has 0 fully saturated rings. The van der Waals surface area contributed by atoms with Crippen molar-refractivity contribution in [2.75, 3.05) is 4.72 Å². The van der Waals surface area contributed by atoms with Crippen LogP contribution in [0.3, 0.4) is 0 Å².